The first-order valence-electron chi connectivity index (χ1n) is 3.20. The third kappa shape index (κ3) is 1.48. The number of hydrogen-bond donors (Lipinski definition) is 2. The van der Waals surface area contributed by atoms with Crippen LogP contribution in [0.3, 0.4) is 0 Å². The van der Waals surface area contributed by atoms with Gasteiger partial charge in [0.05, 0.1) is 11.6 Å². The van der Waals surface area contributed by atoms with Crippen LogP contribution in [0, 0.1) is 11.3 Å². The lowest BCUT2D eigenvalue weighted by Gasteiger charge is -1.99. The highest BCUT2D eigenvalue weighted by Gasteiger charge is 1.98. The van der Waals surface area contributed by atoms with E-state index in [9.17, 15) is 5.11 Å². The monoisotopic (exact) mass is 148 g/mol. The Kier molecular flexibility index (Phi) is 2.09. The van der Waals surface area contributed by atoms with Crippen molar-refractivity contribution in [2.45, 2.75) is 6.54 Å². The smallest absolute Gasteiger partial charge is 0.121 e. The topological polar surface area (TPSA) is 70.0 Å². The van der Waals surface area contributed by atoms with Crippen LogP contribution in [0.5, 0.6) is 5.75 Å². The summed E-state index contributed by atoms with van der Waals surface area (Å²) >= 11 is 0. The summed E-state index contributed by atoms with van der Waals surface area (Å²) in [4.78, 5) is 0. The molecule has 0 aromatic heterocycles. The molecular formula is C8H8N2O. The van der Waals surface area contributed by atoms with Crippen molar-refractivity contribution >= 4 is 0 Å². The molecule has 1 aromatic rings. The van der Waals surface area contributed by atoms with E-state index in [0.717, 1.165) is 0 Å². The molecule has 1 aromatic carbocycles. The van der Waals surface area contributed by atoms with Crippen LogP contribution in [0.15, 0.2) is 18.2 Å². The van der Waals surface area contributed by atoms with Crippen LogP contribution in [0.1, 0.15) is 11.1 Å². The van der Waals surface area contributed by atoms with Gasteiger partial charge in [0.15, 0.2) is 0 Å². The van der Waals surface area contributed by atoms with Crippen molar-refractivity contribution in [3.8, 4) is 11.8 Å². The van der Waals surface area contributed by atoms with Gasteiger partial charge < -0.3 is 10.8 Å². The van der Waals surface area contributed by atoms with E-state index in [1.54, 1.807) is 12.1 Å². The third-order valence-electron chi connectivity index (χ3n) is 1.43. The first-order valence-corrected chi connectivity index (χ1v) is 3.20. The van der Waals surface area contributed by atoms with E-state index in [-0.39, 0.29) is 12.3 Å². The summed E-state index contributed by atoms with van der Waals surface area (Å²) in [5, 5.41) is 17.6. The highest BCUT2D eigenvalue weighted by molar-refractivity contribution is 5.41. The highest BCUT2D eigenvalue weighted by Crippen LogP contribution is 2.17. The van der Waals surface area contributed by atoms with Gasteiger partial charge in [0.2, 0.25) is 0 Å². The third-order valence-corrected chi connectivity index (χ3v) is 1.43. The van der Waals surface area contributed by atoms with Gasteiger partial charge in [-0.1, -0.05) is 6.07 Å². The fraction of sp³-hybridized carbons (Fsp3) is 0.125. The number of phenolic OH excluding ortho intramolecular Hbond substituents is 1. The molecule has 0 amide bonds. The number of hydrogen-bond acceptors (Lipinski definition) is 3. The average Bonchev–Trinajstić information content (AvgIpc) is 2.04. The van der Waals surface area contributed by atoms with E-state index < -0.39 is 0 Å². The van der Waals surface area contributed by atoms with E-state index in [1.165, 1.54) is 6.07 Å². The molecule has 0 aliphatic carbocycles. The standard InChI is InChI=1S/C8H8N2O/c9-4-6-1-2-7(5-10)8(11)3-6/h1-3,11H,5,10H2. The van der Waals surface area contributed by atoms with Crippen molar-refractivity contribution in [2.75, 3.05) is 0 Å². The summed E-state index contributed by atoms with van der Waals surface area (Å²) in [5.74, 6) is 0.0894. The van der Waals surface area contributed by atoms with Crippen LogP contribution >= 0.6 is 0 Å². The largest absolute Gasteiger partial charge is 0.508 e. The summed E-state index contributed by atoms with van der Waals surface area (Å²) in [6.07, 6.45) is 0. The van der Waals surface area contributed by atoms with E-state index >= 15 is 0 Å². The molecule has 1 rings (SSSR count). The Morgan fingerprint density at radius 2 is 2.27 bits per heavy atom. The summed E-state index contributed by atoms with van der Waals surface area (Å²) in [5.41, 5.74) is 6.40. The van der Waals surface area contributed by atoms with Gasteiger partial charge in [-0.05, 0) is 12.1 Å². The Labute approximate surface area is 64.7 Å². The molecular weight excluding hydrogens is 140 g/mol. The summed E-state index contributed by atoms with van der Waals surface area (Å²) in [6.45, 7) is 0.289. The molecule has 0 fully saturated rings. The van der Waals surface area contributed by atoms with Gasteiger partial charge in [-0.25, -0.2) is 0 Å². The Hall–Kier alpha value is -1.53. The maximum atomic E-state index is 9.19. The number of rotatable bonds is 1. The van der Waals surface area contributed by atoms with Gasteiger partial charge in [-0.3, -0.25) is 0 Å². The lowest BCUT2D eigenvalue weighted by molar-refractivity contribution is 0.468. The van der Waals surface area contributed by atoms with Gasteiger partial charge in [-0.15, -0.1) is 0 Å². The summed E-state index contributed by atoms with van der Waals surface area (Å²) in [6, 6.07) is 6.60. The molecule has 0 saturated carbocycles. The van der Waals surface area contributed by atoms with Crippen LogP contribution < -0.4 is 5.73 Å². The summed E-state index contributed by atoms with van der Waals surface area (Å²) in [7, 11) is 0. The normalized spacial score (nSPS) is 9.09. The molecule has 0 heterocycles. The molecule has 11 heavy (non-hydrogen) atoms. The molecule has 0 aliphatic heterocycles. The van der Waals surface area contributed by atoms with Crippen molar-refractivity contribution in [3.05, 3.63) is 29.3 Å². The second kappa shape index (κ2) is 3.04. The van der Waals surface area contributed by atoms with Gasteiger partial charge in [0, 0.05) is 12.1 Å². The Balaban J connectivity index is 3.12. The minimum Gasteiger partial charge on any atom is -0.508 e. The van der Waals surface area contributed by atoms with E-state index in [2.05, 4.69) is 0 Å². The number of nitrogens with two attached hydrogens (primary N) is 1. The quantitative estimate of drug-likeness (QED) is 0.616. The van der Waals surface area contributed by atoms with Crippen LogP contribution in [0.25, 0.3) is 0 Å². The van der Waals surface area contributed by atoms with E-state index in [1.807, 2.05) is 6.07 Å². The Morgan fingerprint density at radius 1 is 1.55 bits per heavy atom. The zero-order valence-corrected chi connectivity index (χ0v) is 5.91. The minimum absolute atomic E-state index is 0.0894. The number of benzene rings is 1. The highest BCUT2D eigenvalue weighted by atomic mass is 16.3. The lowest BCUT2D eigenvalue weighted by atomic mass is 10.1. The van der Waals surface area contributed by atoms with Crippen molar-refractivity contribution in [1.29, 1.82) is 5.26 Å². The minimum atomic E-state index is 0.0894. The molecule has 3 nitrogen and oxygen atoms in total. The van der Waals surface area contributed by atoms with Crippen molar-refractivity contribution in [1.82, 2.24) is 0 Å². The van der Waals surface area contributed by atoms with Crippen LogP contribution in [0.2, 0.25) is 0 Å². The van der Waals surface area contributed by atoms with Gasteiger partial charge in [0.25, 0.3) is 0 Å². The predicted octanol–water partition coefficient (Wildman–Crippen LogP) is 0.723. The van der Waals surface area contributed by atoms with E-state index in [4.69, 9.17) is 11.0 Å². The number of phenols is 1. The molecule has 56 valence electrons. The lowest BCUT2D eigenvalue weighted by Crippen LogP contribution is -1.96. The average molecular weight is 148 g/mol. The molecule has 0 spiro atoms. The van der Waals surface area contributed by atoms with Gasteiger partial charge in [-0.2, -0.15) is 5.26 Å². The molecule has 0 bridgehead atoms. The van der Waals surface area contributed by atoms with Crippen molar-refractivity contribution in [2.24, 2.45) is 5.73 Å². The molecule has 0 aliphatic rings. The van der Waals surface area contributed by atoms with Crippen molar-refractivity contribution < 1.29 is 5.11 Å². The number of nitriles is 1. The Morgan fingerprint density at radius 3 is 2.73 bits per heavy atom. The maximum absolute atomic E-state index is 9.19. The molecule has 0 radical (unpaired) electrons. The number of nitrogens with zero attached hydrogens (tertiary/aromatic N) is 1. The Bertz CT molecular complexity index is 301. The first kappa shape index (κ1) is 7.58. The van der Waals surface area contributed by atoms with Crippen molar-refractivity contribution in [3.63, 3.8) is 0 Å². The van der Waals surface area contributed by atoms with Crippen LogP contribution in [-0.4, -0.2) is 5.11 Å². The number of aromatic hydroxyl groups is 1. The zero-order valence-electron chi connectivity index (χ0n) is 5.91. The fourth-order valence-corrected chi connectivity index (χ4v) is 0.806. The fourth-order valence-electron chi connectivity index (χ4n) is 0.806. The molecule has 0 atom stereocenters. The maximum Gasteiger partial charge on any atom is 0.121 e. The van der Waals surface area contributed by atoms with Gasteiger partial charge in [0.1, 0.15) is 5.75 Å². The zero-order chi connectivity index (χ0) is 8.27. The molecule has 0 saturated heterocycles. The molecule has 3 heteroatoms. The van der Waals surface area contributed by atoms with Crippen LogP contribution in [-0.2, 0) is 6.54 Å². The first-order chi connectivity index (χ1) is 5.27. The summed E-state index contributed by atoms with van der Waals surface area (Å²) < 4.78 is 0. The second-order valence-electron chi connectivity index (χ2n) is 2.16. The van der Waals surface area contributed by atoms with E-state index in [0.29, 0.717) is 11.1 Å². The second-order valence-corrected chi connectivity index (χ2v) is 2.16. The van der Waals surface area contributed by atoms with Gasteiger partial charge >= 0.3 is 0 Å². The van der Waals surface area contributed by atoms with Crippen LogP contribution in [0.4, 0.5) is 0 Å². The molecule has 0 unspecified atom stereocenters. The molecule has 3 N–H and O–H groups in total. The SMILES string of the molecule is N#Cc1ccc(CN)c(O)c1. The predicted molar refractivity (Wildman–Crippen MR) is 40.7 cm³/mol.